The van der Waals surface area contributed by atoms with Crippen molar-refractivity contribution in [1.82, 2.24) is 4.98 Å². The van der Waals surface area contributed by atoms with Gasteiger partial charge in [0.05, 0.1) is 22.0 Å². The van der Waals surface area contributed by atoms with E-state index in [1.165, 1.54) is 12.4 Å². The standard InChI is InChI=1S/C7H6Cl3NO/c8-1-6(12)7-4(9)2-11-3-5(7)10/h2-3,6,12H,1H2. The van der Waals surface area contributed by atoms with Gasteiger partial charge in [0.25, 0.3) is 0 Å². The molecule has 1 N–H and O–H groups in total. The van der Waals surface area contributed by atoms with Crippen molar-refractivity contribution in [3.63, 3.8) is 0 Å². The Balaban J connectivity index is 3.12. The smallest absolute Gasteiger partial charge is 0.0955 e. The Morgan fingerprint density at radius 1 is 1.33 bits per heavy atom. The van der Waals surface area contributed by atoms with Crippen LogP contribution in [0.15, 0.2) is 12.4 Å². The Morgan fingerprint density at radius 3 is 2.25 bits per heavy atom. The van der Waals surface area contributed by atoms with E-state index >= 15 is 0 Å². The molecule has 0 aliphatic carbocycles. The zero-order valence-electron chi connectivity index (χ0n) is 5.97. The van der Waals surface area contributed by atoms with Crippen LogP contribution in [0.1, 0.15) is 11.7 Å². The molecule has 5 heteroatoms. The van der Waals surface area contributed by atoms with E-state index in [-0.39, 0.29) is 5.88 Å². The molecule has 0 saturated heterocycles. The number of halogens is 3. The Kier molecular flexibility index (Phi) is 3.59. The quantitative estimate of drug-likeness (QED) is 0.787. The van der Waals surface area contributed by atoms with Gasteiger partial charge in [-0.15, -0.1) is 11.6 Å². The van der Waals surface area contributed by atoms with E-state index in [0.717, 1.165) is 0 Å². The summed E-state index contributed by atoms with van der Waals surface area (Å²) in [6, 6.07) is 0. The summed E-state index contributed by atoms with van der Waals surface area (Å²) < 4.78 is 0. The molecule has 1 aromatic rings. The molecule has 2 nitrogen and oxygen atoms in total. The van der Waals surface area contributed by atoms with Crippen molar-refractivity contribution >= 4 is 34.8 Å². The molecule has 0 saturated carbocycles. The van der Waals surface area contributed by atoms with Gasteiger partial charge in [0.1, 0.15) is 0 Å². The lowest BCUT2D eigenvalue weighted by molar-refractivity contribution is 0.203. The number of hydrogen-bond donors (Lipinski definition) is 1. The van der Waals surface area contributed by atoms with Crippen LogP contribution in [0, 0.1) is 0 Å². The van der Waals surface area contributed by atoms with E-state index < -0.39 is 6.10 Å². The highest BCUT2D eigenvalue weighted by Gasteiger charge is 2.14. The van der Waals surface area contributed by atoms with Crippen molar-refractivity contribution in [3.8, 4) is 0 Å². The average Bonchev–Trinajstić information content (AvgIpc) is 2.03. The number of alkyl halides is 1. The Morgan fingerprint density at radius 2 is 1.83 bits per heavy atom. The fraction of sp³-hybridized carbons (Fsp3) is 0.286. The van der Waals surface area contributed by atoms with Crippen LogP contribution in [0.25, 0.3) is 0 Å². The zero-order valence-corrected chi connectivity index (χ0v) is 8.24. The second kappa shape index (κ2) is 4.28. The monoisotopic (exact) mass is 225 g/mol. The topological polar surface area (TPSA) is 33.1 Å². The lowest BCUT2D eigenvalue weighted by atomic mass is 10.2. The summed E-state index contributed by atoms with van der Waals surface area (Å²) in [6.07, 6.45) is 1.99. The van der Waals surface area contributed by atoms with Crippen LogP contribution in [-0.4, -0.2) is 16.0 Å². The van der Waals surface area contributed by atoms with Gasteiger partial charge in [-0.25, -0.2) is 0 Å². The third kappa shape index (κ3) is 2.02. The molecule has 0 radical (unpaired) electrons. The van der Waals surface area contributed by atoms with E-state index in [1.807, 2.05) is 0 Å². The van der Waals surface area contributed by atoms with Crippen LogP contribution < -0.4 is 0 Å². The normalized spacial score (nSPS) is 13.0. The lowest BCUT2D eigenvalue weighted by Crippen LogP contribution is -2.00. The largest absolute Gasteiger partial charge is 0.387 e. The van der Waals surface area contributed by atoms with Gasteiger partial charge in [0, 0.05) is 18.0 Å². The van der Waals surface area contributed by atoms with Gasteiger partial charge in [-0.2, -0.15) is 0 Å². The second-order valence-electron chi connectivity index (χ2n) is 2.19. The van der Waals surface area contributed by atoms with Gasteiger partial charge < -0.3 is 5.11 Å². The van der Waals surface area contributed by atoms with Crippen molar-refractivity contribution in [3.05, 3.63) is 28.0 Å². The van der Waals surface area contributed by atoms with Gasteiger partial charge in [-0.05, 0) is 0 Å². The van der Waals surface area contributed by atoms with Crippen molar-refractivity contribution in [2.24, 2.45) is 0 Å². The predicted octanol–water partition coefficient (Wildman–Crippen LogP) is 2.66. The first-order valence-electron chi connectivity index (χ1n) is 3.19. The highest BCUT2D eigenvalue weighted by atomic mass is 35.5. The highest BCUT2D eigenvalue weighted by molar-refractivity contribution is 6.36. The summed E-state index contributed by atoms with van der Waals surface area (Å²) in [7, 11) is 0. The fourth-order valence-electron chi connectivity index (χ4n) is 0.817. The van der Waals surface area contributed by atoms with Crippen LogP contribution in [0.3, 0.4) is 0 Å². The minimum atomic E-state index is -0.838. The Bertz CT molecular complexity index is 259. The molecule has 0 aromatic carbocycles. The fourth-order valence-corrected chi connectivity index (χ4v) is 1.59. The van der Waals surface area contributed by atoms with E-state index in [0.29, 0.717) is 15.6 Å². The number of nitrogens with zero attached hydrogens (tertiary/aromatic N) is 1. The molecule has 66 valence electrons. The summed E-state index contributed by atoms with van der Waals surface area (Å²) in [4.78, 5) is 3.74. The van der Waals surface area contributed by atoms with Crippen LogP contribution in [-0.2, 0) is 0 Å². The van der Waals surface area contributed by atoms with Crippen molar-refractivity contribution in [2.45, 2.75) is 6.10 Å². The maximum Gasteiger partial charge on any atom is 0.0955 e. The summed E-state index contributed by atoms with van der Waals surface area (Å²) in [6.45, 7) is 0. The van der Waals surface area contributed by atoms with Gasteiger partial charge in [0.2, 0.25) is 0 Å². The van der Waals surface area contributed by atoms with Gasteiger partial charge in [0.15, 0.2) is 0 Å². The van der Waals surface area contributed by atoms with Gasteiger partial charge >= 0.3 is 0 Å². The first-order valence-corrected chi connectivity index (χ1v) is 4.48. The molecule has 0 spiro atoms. The van der Waals surface area contributed by atoms with Crippen LogP contribution in [0.4, 0.5) is 0 Å². The maximum atomic E-state index is 9.36. The second-order valence-corrected chi connectivity index (χ2v) is 3.31. The minimum absolute atomic E-state index is 0.0590. The summed E-state index contributed by atoms with van der Waals surface area (Å²) in [5, 5.41) is 10.0. The van der Waals surface area contributed by atoms with Crippen LogP contribution in [0.2, 0.25) is 10.0 Å². The molecule has 12 heavy (non-hydrogen) atoms. The summed E-state index contributed by atoms with van der Waals surface area (Å²) in [5.74, 6) is 0.0590. The molecular weight excluding hydrogens is 220 g/mol. The number of hydrogen-bond acceptors (Lipinski definition) is 2. The number of rotatable bonds is 2. The average molecular weight is 226 g/mol. The van der Waals surface area contributed by atoms with Crippen molar-refractivity contribution < 1.29 is 5.11 Å². The van der Waals surface area contributed by atoms with E-state index in [9.17, 15) is 5.11 Å². The van der Waals surface area contributed by atoms with Crippen molar-refractivity contribution in [1.29, 1.82) is 0 Å². The molecule has 0 aliphatic heterocycles. The molecule has 1 unspecified atom stereocenters. The summed E-state index contributed by atoms with van der Waals surface area (Å²) >= 11 is 16.9. The highest BCUT2D eigenvalue weighted by Crippen LogP contribution is 2.29. The molecule has 1 heterocycles. The maximum absolute atomic E-state index is 9.36. The molecule has 1 aromatic heterocycles. The van der Waals surface area contributed by atoms with Crippen molar-refractivity contribution in [2.75, 3.05) is 5.88 Å². The molecule has 0 aliphatic rings. The van der Waals surface area contributed by atoms with Gasteiger partial charge in [-0.1, -0.05) is 23.2 Å². The number of aliphatic hydroxyl groups is 1. The Labute approximate surface area is 85.1 Å². The van der Waals surface area contributed by atoms with Gasteiger partial charge in [-0.3, -0.25) is 4.98 Å². The number of pyridine rings is 1. The van der Waals surface area contributed by atoms with E-state index in [4.69, 9.17) is 34.8 Å². The first kappa shape index (κ1) is 10.1. The van der Waals surface area contributed by atoms with Crippen LogP contribution in [0.5, 0.6) is 0 Å². The lowest BCUT2D eigenvalue weighted by Gasteiger charge is -2.09. The molecule has 0 bridgehead atoms. The molecule has 0 amide bonds. The molecule has 0 fully saturated rings. The van der Waals surface area contributed by atoms with E-state index in [2.05, 4.69) is 4.98 Å². The predicted molar refractivity (Wildman–Crippen MR) is 49.9 cm³/mol. The molecule has 1 rings (SSSR count). The number of aromatic nitrogens is 1. The first-order chi connectivity index (χ1) is 5.66. The number of aliphatic hydroxyl groups excluding tert-OH is 1. The zero-order chi connectivity index (χ0) is 9.14. The van der Waals surface area contributed by atoms with E-state index in [1.54, 1.807) is 0 Å². The SMILES string of the molecule is OC(CCl)c1c(Cl)cncc1Cl. The summed E-state index contributed by atoms with van der Waals surface area (Å²) in [5.41, 5.74) is 0.434. The third-order valence-corrected chi connectivity index (χ3v) is 2.26. The molecule has 1 atom stereocenters. The third-order valence-electron chi connectivity index (χ3n) is 1.37. The van der Waals surface area contributed by atoms with Crippen LogP contribution >= 0.6 is 34.8 Å². The molecular formula is C7H6Cl3NO. The Hall–Kier alpha value is -0.0200. The minimum Gasteiger partial charge on any atom is -0.387 e.